The van der Waals surface area contributed by atoms with Gasteiger partial charge < -0.3 is 5.32 Å². The highest BCUT2D eigenvalue weighted by atomic mass is 32.2. The van der Waals surface area contributed by atoms with E-state index in [9.17, 15) is 9.59 Å². The summed E-state index contributed by atoms with van der Waals surface area (Å²) in [6.45, 7) is 8.52. The van der Waals surface area contributed by atoms with E-state index in [0.29, 0.717) is 17.1 Å². The number of carbonyl (C=O) groups excluding carboxylic acids is 1. The highest BCUT2D eigenvalue weighted by Gasteiger charge is 2.24. The van der Waals surface area contributed by atoms with Gasteiger partial charge in [0.2, 0.25) is 5.91 Å². The van der Waals surface area contributed by atoms with Crippen LogP contribution in [0.2, 0.25) is 0 Å². The lowest BCUT2D eigenvalue weighted by molar-refractivity contribution is -0.120. The summed E-state index contributed by atoms with van der Waals surface area (Å²) in [7, 11) is 0. The van der Waals surface area contributed by atoms with E-state index in [4.69, 9.17) is 4.98 Å². The van der Waals surface area contributed by atoms with Gasteiger partial charge in [-0.3, -0.25) is 14.2 Å². The van der Waals surface area contributed by atoms with Gasteiger partial charge in [-0.05, 0) is 51.2 Å². The normalized spacial score (nSPS) is 15.4. The zero-order chi connectivity index (χ0) is 22.8. The van der Waals surface area contributed by atoms with Crippen molar-refractivity contribution in [2.24, 2.45) is 0 Å². The van der Waals surface area contributed by atoms with Gasteiger partial charge in [0, 0.05) is 10.9 Å². The Morgan fingerprint density at radius 1 is 1.25 bits per heavy atom. The number of rotatable bonds is 7. The number of aromatic nitrogens is 2. The minimum atomic E-state index is -0.323. The van der Waals surface area contributed by atoms with Gasteiger partial charge in [0.25, 0.3) is 5.56 Å². The van der Waals surface area contributed by atoms with Crippen LogP contribution in [0.25, 0.3) is 10.2 Å². The van der Waals surface area contributed by atoms with Crippen molar-refractivity contribution >= 4 is 39.2 Å². The maximum Gasteiger partial charge on any atom is 0.263 e. The molecule has 2 heterocycles. The summed E-state index contributed by atoms with van der Waals surface area (Å²) >= 11 is 2.97. The van der Waals surface area contributed by atoms with Crippen LogP contribution in [0.3, 0.4) is 0 Å². The summed E-state index contributed by atoms with van der Waals surface area (Å²) in [6.07, 6.45) is 5.35. The average Bonchev–Trinajstić information content (AvgIpc) is 3.39. The quantitative estimate of drug-likeness (QED) is 0.380. The Hall–Kier alpha value is -2.12. The molecule has 1 fully saturated rings. The summed E-state index contributed by atoms with van der Waals surface area (Å²) in [4.78, 5) is 33.3. The van der Waals surface area contributed by atoms with E-state index >= 15 is 0 Å². The van der Waals surface area contributed by atoms with Crippen LogP contribution in [0, 0.1) is 13.8 Å². The number of fused-ring (bicyclic) bond motifs is 1. The highest BCUT2D eigenvalue weighted by Crippen LogP contribution is 2.31. The smallest absolute Gasteiger partial charge is 0.263 e. The Morgan fingerprint density at radius 2 is 1.94 bits per heavy atom. The molecule has 170 valence electrons. The van der Waals surface area contributed by atoms with Gasteiger partial charge in [-0.2, -0.15) is 0 Å². The van der Waals surface area contributed by atoms with E-state index in [-0.39, 0.29) is 22.8 Å². The number of benzene rings is 1. The molecule has 1 aliphatic rings. The van der Waals surface area contributed by atoms with Crippen molar-refractivity contribution in [2.75, 3.05) is 0 Å². The summed E-state index contributed by atoms with van der Waals surface area (Å²) in [6, 6.07) is 8.50. The van der Waals surface area contributed by atoms with E-state index in [1.54, 1.807) is 15.9 Å². The highest BCUT2D eigenvalue weighted by molar-refractivity contribution is 8.00. The molecule has 1 aromatic carbocycles. The molecule has 1 saturated carbocycles. The van der Waals surface area contributed by atoms with Crippen LogP contribution in [0.4, 0.5) is 0 Å². The standard InChI is InChI=1S/C25H31N3O2S2/c1-5-20-16(3)21-23(32-20)27-25(31-17(4)22(29)26-19-8-6-7-9-19)28(24(21)30)14-18-12-10-15(2)11-13-18/h10-13,17,19H,5-9,14H2,1-4H3,(H,26,29)/t17-/m1/s1. The number of nitrogens with zero attached hydrogens (tertiary/aromatic N) is 2. The molecular formula is C25H31N3O2S2. The number of hydrogen-bond donors (Lipinski definition) is 1. The van der Waals surface area contributed by atoms with Gasteiger partial charge in [-0.15, -0.1) is 11.3 Å². The monoisotopic (exact) mass is 469 g/mol. The second kappa shape index (κ2) is 9.79. The van der Waals surface area contributed by atoms with Crippen molar-refractivity contribution in [3.05, 3.63) is 56.2 Å². The molecule has 3 aromatic rings. The molecule has 1 aliphatic carbocycles. The van der Waals surface area contributed by atoms with Gasteiger partial charge >= 0.3 is 0 Å². The van der Waals surface area contributed by atoms with Crippen molar-refractivity contribution in [3.8, 4) is 0 Å². The summed E-state index contributed by atoms with van der Waals surface area (Å²) in [5, 5.41) is 4.18. The van der Waals surface area contributed by atoms with Crippen molar-refractivity contribution in [1.29, 1.82) is 0 Å². The molecule has 0 unspecified atom stereocenters. The molecule has 1 amide bonds. The lowest BCUT2D eigenvalue weighted by atomic mass is 10.1. The first-order valence-electron chi connectivity index (χ1n) is 11.4. The Bertz CT molecular complexity index is 1170. The number of aryl methyl sites for hydroxylation is 3. The van der Waals surface area contributed by atoms with Gasteiger partial charge in [0.05, 0.1) is 17.2 Å². The van der Waals surface area contributed by atoms with E-state index in [2.05, 4.69) is 43.4 Å². The fourth-order valence-electron chi connectivity index (χ4n) is 4.29. The van der Waals surface area contributed by atoms with Crippen molar-refractivity contribution in [3.63, 3.8) is 0 Å². The van der Waals surface area contributed by atoms with Crippen LogP contribution in [0.5, 0.6) is 0 Å². The molecule has 32 heavy (non-hydrogen) atoms. The van der Waals surface area contributed by atoms with Crippen LogP contribution in [0.1, 0.15) is 61.1 Å². The molecule has 0 bridgehead atoms. The van der Waals surface area contributed by atoms with E-state index in [0.717, 1.165) is 35.2 Å². The molecule has 2 aromatic heterocycles. The fraction of sp³-hybridized carbons (Fsp3) is 0.480. The maximum absolute atomic E-state index is 13.6. The topological polar surface area (TPSA) is 64.0 Å². The van der Waals surface area contributed by atoms with E-state index < -0.39 is 0 Å². The summed E-state index contributed by atoms with van der Waals surface area (Å²) in [5.74, 6) is 0.0229. The van der Waals surface area contributed by atoms with Crippen LogP contribution >= 0.6 is 23.1 Å². The largest absolute Gasteiger partial charge is 0.352 e. The molecule has 7 heteroatoms. The first-order chi connectivity index (χ1) is 15.4. The molecule has 0 saturated heterocycles. The van der Waals surface area contributed by atoms with Crippen LogP contribution in [-0.4, -0.2) is 26.8 Å². The zero-order valence-corrected chi connectivity index (χ0v) is 20.9. The Labute approximate surface area is 197 Å². The molecule has 4 rings (SSSR count). The van der Waals surface area contributed by atoms with E-state index in [1.165, 1.54) is 35.0 Å². The average molecular weight is 470 g/mol. The van der Waals surface area contributed by atoms with Crippen molar-refractivity contribution in [2.45, 2.75) is 82.8 Å². The number of nitrogens with one attached hydrogen (secondary N) is 1. The second-order valence-corrected chi connectivity index (χ2v) is 11.1. The van der Waals surface area contributed by atoms with Crippen LogP contribution in [-0.2, 0) is 17.8 Å². The van der Waals surface area contributed by atoms with Gasteiger partial charge in [-0.1, -0.05) is 61.4 Å². The Morgan fingerprint density at radius 3 is 2.59 bits per heavy atom. The number of amides is 1. The van der Waals surface area contributed by atoms with E-state index in [1.807, 2.05) is 13.8 Å². The first kappa shape index (κ1) is 23.1. The minimum Gasteiger partial charge on any atom is -0.352 e. The third-order valence-corrected chi connectivity index (χ3v) is 8.67. The second-order valence-electron chi connectivity index (χ2n) is 8.71. The van der Waals surface area contributed by atoms with Gasteiger partial charge in [0.1, 0.15) is 4.83 Å². The van der Waals surface area contributed by atoms with Crippen molar-refractivity contribution in [1.82, 2.24) is 14.9 Å². The van der Waals surface area contributed by atoms with Gasteiger partial charge in [-0.25, -0.2) is 4.98 Å². The number of hydrogen-bond acceptors (Lipinski definition) is 5. The molecule has 1 N–H and O–H groups in total. The molecule has 0 radical (unpaired) electrons. The number of thiophene rings is 1. The predicted octanol–water partition coefficient (Wildman–Crippen LogP) is 5.22. The van der Waals surface area contributed by atoms with Crippen molar-refractivity contribution < 1.29 is 4.79 Å². The minimum absolute atomic E-state index is 0.0186. The van der Waals surface area contributed by atoms with Crippen LogP contribution < -0.4 is 10.9 Å². The molecular weight excluding hydrogens is 438 g/mol. The molecule has 0 spiro atoms. The summed E-state index contributed by atoms with van der Waals surface area (Å²) < 4.78 is 1.75. The van der Waals surface area contributed by atoms with Gasteiger partial charge in [0.15, 0.2) is 5.16 Å². The molecule has 0 aliphatic heterocycles. The number of thioether (sulfide) groups is 1. The molecule has 1 atom stereocenters. The SMILES string of the molecule is CCc1sc2nc(S[C@H](C)C(=O)NC3CCCC3)n(Cc3ccc(C)cc3)c(=O)c2c1C. The third kappa shape index (κ3) is 4.79. The maximum atomic E-state index is 13.6. The molecule has 5 nitrogen and oxygen atoms in total. The third-order valence-electron chi connectivity index (χ3n) is 6.25. The Balaban J connectivity index is 1.70. The fourth-order valence-corrected chi connectivity index (χ4v) is 6.36. The summed E-state index contributed by atoms with van der Waals surface area (Å²) in [5.41, 5.74) is 3.25. The lowest BCUT2D eigenvalue weighted by Crippen LogP contribution is -2.38. The predicted molar refractivity (Wildman–Crippen MR) is 134 cm³/mol. The Kier molecular flexibility index (Phi) is 7.05. The zero-order valence-electron chi connectivity index (χ0n) is 19.2. The first-order valence-corrected chi connectivity index (χ1v) is 13.1. The number of carbonyl (C=O) groups is 1. The van der Waals surface area contributed by atoms with Crippen LogP contribution in [0.15, 0.2) is 34.2 Å². The lowest BCUT2D eigenvalue weighted by Gasteiger charge is -2.18.